The number of nitrogens with one attached hydrogen (secondary N) is 1. The molecule has 2 N–H and O–H groups in total. The maximum Gasteiger partial charge on any atom is 0.326 e. The van der Waals surface area contributed by atoms with Gasteiger partial charge in [0.25, 0.3) is 5.91 Å². The zero-order valence-electron chi connectivity index (χ0n) is 12.3. The van der Waals surface area contributed by atoms with Crippen LogP contribution in [0.1, 0.15) is 38.1 Å². The maximum atomic E-state index is 12.2. The van der Waals surface area contributed by atoms with Crippen LogP contribution in [0.5, 0.6) is 5.75 Å². The molecule has 0 aliphatic carbocycles. The largest absolute Gasteiger partial charge is 0.493 e. The zero-order valence-corrected chi connectivity index (χ0v) is 12.3. The first-order valence-electron chi connectivity index (χ1n) is 6.53. The molecule has 1 aromatic carbocycles. The van der Waals surface area contributed by atoms with Gasteiger partial charge in [-0.3, -0.25) is 4.79 Å². The minimum atomic E-state index is -1.06. The molecule has 0 aromatic heterocycles. The molecule has 0 aliphatic heterocycles. The van der Waals surface area contributed by atoms with E-state index in [9.17, 15) is 14.7 Å². The zero-order chi connectivity index (χ0) is 15.3. The van der Waals surface area contributed by atoms with Gasteiger partial charge in [0.1, 0.15) is 11.8 Å². The summed E-state index contributed by atoms with van der Waals surface area (Å²) >= 11 is 0. The molecule has 5 nitrogen and oxygen atoms in total. The Hall–Kier alpha value is -2.04. The number of carboxylic acid groups (broad SMARTS) is 1. The second-order valence-electron chi connectivity index (χ2n) is 5.54. The lowest BCUT2D eigenvalue weighted by Crippen LogP contribution is -2.49. The molecule has 0 aliphatic rings. The van der Waals surface area contributed by atoms with Crippen LogP contribution in [-0.2, 0) is 4.79 Å². The van der Waals surface area contributed by atoms with E-state index in [0.717, 1.165) is 0 Å². The molecule has 0 heterocycles. The van der Waals surface area contributed by atoms with Crippen molar-refractivity contribution in [3.8, 4) is 5.75 Å². The first-order valence-corrected chi connectivity index (χ1v) is 6.53. The third kappa shape index (κ3) is 3.98. The molecule has 20 heavy (non-hydrogen) atoms. The molecule has 0 saturated heterocycles. The second kappa shape index (κ2) is 6.41. The molecule has 0 fully saturated rings. The van der Waals surface area contributed by atoms with Crippen LogP contribution in [0.2, 0.25) is 0 Å². The number of ether oxygens (including phenoxy) is 1. The van der Waals surface area contributed by atoms with Crippen LogP contribution in [0.25, 0.3) is 0 Å². The van der Waals surface area contributed by atoms with E-state index in [1.54, 1.807) is 45.0 Å². The normalized spacial score (nSPS) is 12.6. The predicted octanol–water partition coefficient (Wildman–Crippen LogP) is 2.31. The van der Waals surface area contributed by atoms with Crippen molar-refractivity contribution >= 4 is 11.9 Å². The molecule has 0 spiro atoms. The quantitative estimate of drug-likeness (QED) is 0.867. The van der Waals surface area contributed by atoms with Gasteiger partial charge in [0.2, 0.25) is 0 Å². The number of carbonyl (C=O) groups excluding carboxylic acids is 1. The van der Waals surface area contributed by atoms with Crippen molar-refractivity contribution in [1.29, 1.82) is 0 Å². The van der Waals surface area contributed by atoms with Gasteiger partial charge in [-0.05, 0) is 24.5 Å². The van der Waals surface area contributed by atoms with Crippen LogP contribution in [-0.4, -0.2) is 29.6 Å². The first kappa shape index (κ1) is 16.0. The van der Waals surface area contributed by atoms with Crippen LogP contribution in [0.3, 0.4) is 0 Å². The predicted molar refractivity (Wildman–Crippen MR) is 76.0 cm³/mol. The van der Waals surface area contributed by atoms with E-state index >= 15 is 0 Å². The summed E-state index contributed by atoms with van der Waals surface area (Å²) in [7, 11) is 0. The van der Waals surface area contributed by atoms with Crippen molar-refractivity contribution in [1.82, 2.24) is 5.32 Å². The highest BCUT2D eigenvalue weighted by Crippen LogP contribution is 2.22. The van der Waals surface area contributed by atoms with Gasteiger partial charge in [-0.15, -0.1) is 0 Å². The van der Waals surface area contributed by atoms with Gasteiger partial charge in [-0.1, -0.05) is 32.9 Å². The lowest BCUT2D eigenvalue weighted by atomic mass is 9.86. The summed E-state index contributed by atoms with van der Waals surface area (Å²) in [6.07, 6.45) is 0. The smallest absolute Gasteiger partial charge is 0.326 e. The van der Waals surface area contributed by atoms with Gasteiger partial charge in [-0.25, -0.2) is 4.79 Å². The summed E-state index contributed by atoms with van der Waals surface area (Å²) in [4.78, 5) is 23.5. The van der Waals surface area contributed by atoms with Crippen LogP contribution in [0, 0.1) is 5.41 Å². The van der Waals surface area contributed by atoms with Crippen LogP contribution < -0.4 is 10.1 Å². The van der Waals surface area contributed by atoms with Crippen molar-refractivity contribution in [3.63, 3.8) is 0 Å². The molecule has 1 atom stereocenters. The van der Waals surface area contributed by atoms with Crippen molar-refractivity contribution < 1.29 is 19.4 Å². The molecule has 1 unspecified atom stereocenters. The number of hydrogen-bond acceptors (Lipinski definition) is 3. The number of carboxylic acids is 1. The highest BCUT2D eigenvalue weighted by atomic mass is 16.5. The number of amides is 1. The Labute approximate surface area is 118 Å². The Kier molecular flexibility index (Phi) is 5.13. The van der Waals surface area contributed by atoms with Crippen LogP contribution in [0.4, 0.5) is 0 Å². The third-order valence-electron chi connectivity index (χ3n) is 2.82. The summed E-state index contributed by atoms with van der Waals surface area (Å²) in [6.45, 7) is 7.55. The minimum Gasteiger partial charge on any atom is -0.493 e. The molecule has 1 rings (SSSR count). The fourth-order valence-corrected chi connectivity index (χ4v) is 1.79. The topological polar surface area (TPSA) is 75.6 Å². The standard InChI is InChI=1S/C15H21NO4/c1-5-20-11-9-7-6-8-10(11)13(17)16-12(14(18)19)15(2,3)4/h6-9,12H,5H2,1-4H3,(H,16,17)(H,18,19). The Morgan fingerprint density at radius 1 is 1.30 bits per heavy atom. The van der Waals surface area contributed by atoms with Crippen molar-refractivity contribution in [3.05, 3.63) is 29.8 Å². The van der Waals surface area contributed by atoms with Crippen molar-refractivity contribution in [2.24, 2.45) is 5.41 Å². The molecule has 0 radical (unpaired) electrons. The van der Waals surface area contributed by atoms with E-state index in [1.165, 1.54) is 0 Å². The number of benzene rings is 1. The van der Waals surface area contributed by atoms with Gasteiger partial charge in [0, 0.05) is 0 Å². The monoisotopic (exact) mass is 279 g/mol. The number of hydrogen-bond donors (Lipinski definition) is 2. The van der Waals surface area contributed by atoms with E-state index in [-0.39, 0.29) is 0 Å². The fraction of sp³-hybridized carbons (Fsp3) is 0.467. The molecular weight excluding hydrogens is 258 g/mol. The van der Waals surface area contributed by atoms with E-state index < -0.39 is 23.3 Å². The highest BCUT2D eigenvalue weighted by Gasteiger charge is 2.33. The molecule has 5 heteroatoms. The summed E-state index contributed by atoms with van der Waals surface area (Å²) in [6, 6.07) is 5.81. The number of rotatable bonds is 5. The van der Waals surface area contributed by atoms with Gasteiger partial charge < -0.3 is 15.2 Å². The van der Waals surface area contributed by atoms with E-state index in [0.29, 0.717) is 17.9 Å². The molecular formula is C15H21NO4. The van der Waals surface area contributed by atoms with Gasteiger partial charge in [0.05, 0.1) is 12.2 Å². The Bertz CT molecular complexity index is 491. The van der Waals surface area contributed by atoms with Crippen LogP contribution in [0.15, 0.2) is 24.3 Å². The lowest BCUT2D eigenvalue weighted by molar-refractivity contribution is -0.142. The summed E-state index contributed by atoms with van der Waals surface area (Å²) < 4.78 is 5.38. The van der Waals surface area contributed by atoms with Gasteiger partial charge in [-0.2, -0.15) is 0 Å². The summed E-state index contributed by atoms with van der Waals surface area (Å²) in [5, 5.41) is 11.8. The Morgan fingerprint density at radius 2 is 1.90 bits per heavy atom. The Balaban J connectivity index is 2.98. The molecule has 1 aromatic rings. The average Bonchev–Trinajstić information content (AvgIpc) is 2.35. The second-order valence-corrected chi connectivity index (χ2v) is 5.54. The lowest BCUT2D eigenvalue weighted by Gasteiger charge is -2.28. The number of para-hydroxylation sites is 1. The average molecular weight is 279 g/mol. The summed E-state index contributed by atoms with van der Waals surface area (Å²) in [5.41, 5.74) is -0.243. The maximum absolute atomic E-state index is 12.2. The SMILES string of the molecule is CCOc1ccccc1C(=O)NC(C(=O)O)C(C)(C)C. The van der Waals surface area contributed by atoms with Crippen molar-refractivity contribution in [2.45, 2.75) is 33.7 Å². The molecule has 0 bridgehead atoms. The van der Waals surface area contributed by atoms with Crippen LogP contribution >= 0.6 is 0 Å². The first-order chi connectivity index (χ1) is 9.27. The summed E-state index contributed by atoms with van der Waals surface area (Å²) in [5.74, 6) is -1.05. The van der Waals surface area contributed by atoms with Gasteiger partial charge >= 0.3 is 5.97 Å². The van der Waals surface area contributed by atoms with Crippen molar-refractivity contribution in [2.75, 3.05) is 6.61 Å². The van der Waals surface area contributed by atoms with E-state index in [4.69, 9.17) is 4.74 Å². The molecule has 110 valence electrons. The fourth-order valence-electron chi connectivity index (χ4n) is 1.79. The van der Waals surface area contributed by atoms with Gasteiger partial charge in [0.15, 0.2) is 0 Å². The van der Waals surface area contributed by atoms with E-state index in [1.807, 2.05) is 6.92 Å². The Morgan fingerprint density at radius 3 is 2.40 bits per heavy atom. The molecule has 0 saturated carbocycles. The number of aliphatic carboxylic acids is 1. The number of carbonyl (C=O) groups is 2. The van der Waals surface area contributed by atoms with E-state index in [2.05, 4.69) is 5.32 Å². The minimum absolute atomic E-state index is 0.338. The third-order valence-corrected chi connectivity index (χ3v) is 2.82. The molecule has 1 amide bonds. The highest BCUT2D eigenvalue weighted by molar-refractivity contribution is 5.99.